The van der Waals surface area contributed by atoms with Crippen LogP contribution in [0.1, 0.15) is 24.8 Å². The number of hydrogen-bond donors (Lipinski definition) is 0. The Balaban J connectivity index is 2.60. The van der Waals surface area contributed by atoms with Gasteiger partial charge in [-0.2, -0.15) is 13.2 Å². The van der Waals surface area contributed by atoms with Gasteiger partial charge in [0.05, 0.1) is 17.5 Å². The van der Waals surface area contributed by atoms with Gasteiger partial charge in [0, 0.05) is 4.92 Å². The highest BCUT2D eigenvalue weighted by Gasteiger charge is 2.51. The van der Waals surface area contributed by atoms with E-state index in [1.165, 1.54) is 24.3 Å². The fourth-order valence-corrected chi connectivity index (χ4v) is 2.86. The third-order valence-corrected chi connectivity index (χ3v) is 3.83. The van der Waals surface area contributed by atoms with E-state index in [9.17, 15) is 32.9 Å². The molecule has 1 heterocycles. The fraction of sp³-hybridized carbons (Fsp3) is 0.429. The molecule has 0 fully saturated rings. The molecule has 0 N–H and O–H groups in total. The summed E-state index contributed by atoms with van der Waals surface area (Å²) < 4.78 is 38.4. The van der Waals surface area contributed by atoms with Gasteiger partial charge >= 0.3 is 12.1 Å². The Morgan fingerprint density at radius 2 is 1.91 bits per heavy atom. The highest BCUT2D eigenvalue weighted by atomic mass is 19.4. The number of imide groups is 1. The number of fused-ring (bicyclic) bond motifs is 1. The van der Waals surface area contributed by atoms with Crippen LogP contribution < -0.4 is 4.90 Å². The lowest BCUT2D eigenvalue weighted by Gasteiger charge is -2.36. The van der Waals surface area contributed by atoms with Crippen molar-refractivity contribution < 1.29 is 27.7 Å². The van der Waals surface area contributed by atoms with Gasteiger partial charge in [-0.05, 0) is 18.1 Å². The van der Waals surface area contributed by atoms with Crippen molar-refractivity contribution in [2.24, 2.45) is 5.92 Å². The van der Waals surface area contributed by atoms with Gasteiger partial charge in [-0.3, -0.25) is 19.7 Å². The van der Waals surface area contributed by atoms with Crippen LogP contribution in [0.15, 0.2) is 24.3 Å². The maximum absolute atomic E-state index is 12.8. The highest BCUT2D eigenvalue weighted by Crippen LogP contribution is 2.42. The van der Waals surface area contributed by atoms with Gasteiger partial charge in [0.2, 0.25) is 12.5 Å². The highest BCUT2D eigenvalue weighted by molar-refractivity contribution is 6.19. The largest absolute Gasteiger partial charge is 0.472 e. The molecule has 0 bridgehead atoms. The first-order chi connectivity index (χ1) is 10.7. The van der Waals surface area contributed by atoms with Crippen molar-refractivity contribution in [3.05, 3.63) is 39.9 Å². The predicted molar refractivity (Wildman–Crippen MR) is 73.4 cm³/mol. The number of hydrogen-bond acceptors (Lipinski definition) is 4. The number of nitro groups is 1. The number of anilines is 1. The first-order valence-corrected chi connectivity index (χ1v) is 6.84. The monoisotopic (exact) mass is 330 g/mol. The minimum Gasteiger partial charge on any atom is -0.274 e. The molecule has 0 aromatic heterocycles. The molecule has 6 nitrogen and oxygen atoms in total. The Bertz CT molecular complexity index is 660. The molecule has 2 atom stereocenters. The number of benzene rings is 1. The summed E-state index contributed by atoms with van der Waals surface area (Å²) in [4.78, 5) is 34.3. The number of rotatable bonds is 3. The molecule has 1 aromatic rings. The standard InChI is InChI=1S/C14H13F3N2O4/c1-2-8-10(7-18(22)23)9-5-3-4-6-11(9)19(12(8)20)13(21)14(15,16)17/h3-6,8,10H,2,7H2,1H3/t8-,10-/m1/s1. The smallest absolute Gasteiger partial charge is 0.274 e. The third kappa shape index (κ3) is 3.03. The van der Waals surface area contributed by atoms with Crippen LogP contribution in [0, 0.1) is 16.0 Å². The van der Waals surface area contributed by atoms with Crippen molar-refractivity contribution in [2.45, 2.75) is 25.4 Å². The van der Waals surface area contributed by atoms with Crippen LogP contribution in [-0.4, -0.2) is 29.5 Å². The Labute approximate surface area is 129 Å². The molecule has 2 amide bonds. The van der Waals surface area contributed by atoms with Gasteiger partial charge in [0.15, 0.2) is 0 Å². The molecular weight excluding hydrogens is 317 g/mol. The van der Waals surface area contributed by atoms with E-state index >= 15 is 0 Å². The quantitative estimate of drug-likeness (QED) is 0.630. The average Bonchev–Trinajstić information content (AvgIpc) is 2.46. The maximum atomic E-state index is 12.8. The third-order valence-electron chi connectivity index (χ3n) is 3.83. The number of carbonyl (C=O) groups is 2. The Morgan fingerprint density at radius 3 is 2.43 bits per heavy atom. The van der Waals surface area contributed by atoms with Gasteiger partial charge in [0.1, 0.15) is 0 Å². The van der Waals surface area contributed by atoms with E-state index in [0.29, 0.717) is 0 Å². The van der Waals surface area contributed by atoms with Crippen molar-refractivity contribution in [2.75, 3.05) is 11.4 Å². The Kier molecular flexibility index (Phi) is 4.39. The fourth-order valence-electron chi connectivity index (χ4n) is 2.86. The normalized spacial score (nSPS) is 21.0. The van der Waals surface area contributed by atoms with Crippen molar-refractivity contribution in [1.82, 2.24) is 0 Å². The van der Waals surface area contributed by atoms with Crippen LogP contribution >= 0.6 is 0 Å². The SMILES string of the molecule is CC[C@H]1C(=O)N(C(=O)C(F)(F)F)c2ccccc2[C@@H]1C[N+](=O)[O-]. The van der Waals surface area contributed by atoms with E-state index in [-0.39, 0.29) is 22.6 Å². The lowest BCUT2D eigenvalue weighted by molar-refractivity contribution is -0.484. The van der Waals surface area contributed by atoms with Gasteiger partial charge < -0.3 is 0 Å². The van der Waals surface area contributed by atoms with Crippen molar-refractivity contribution in [1.29, 1.82) is 0 Å². The summed E-state index contributed by atoms with van der Waals surface area (Å²) in [6.07, 6.45) is -5.12. The zero-order valence-electron chi connectivity index (χ0n) is 12.0. The van der Waals surface area contributed by atoms with Gasteiger partial charge in [0.25, 0.3) is 0 Å². The molecule has 124 valence electrons. The second kappa shape index (κ2) is 5.98. The second-order valence-corrected chi connectivity index (χ2v) is 5.17. The first kappa shape index (κ1) is 16.9. The molecule has 0 aliphatic carbocycles. The maximum Gasteiger partial charge on any atom is 0.472 e. The van der Waals surface area contributed by atoms with Gasteiger partial charge in [-0.1, -0.05) is 25.1 Å². The minimum atomic E-state index is -5.21. The summed E-state index contributed by atoms with van der Waals surface area (Å²) in [5.41, 5.74) is -0.0374. The molecule has 0 saturated carbocycles. The first-order valence-electron chi connectivity index (χ1n) is 6.84. The molecule has 9 heteroatoms. The summed E-state index contributed by atoms with van der Waals surface area (Å²) in [6, 6.07) is 5.48. The number of para-hydroxylation sites is 1. The van der Waals surface area contributed by atoms with Gasteiger partial charge in [-0.15, -0.1) is 0 Å². The Morgan fingerprint density at radius 1 is 1.30 bits per heavy atom. The molecule has 0 radical (unpaired) electrons. The number of carbonyl (C=O) groups excluding carboxylic acids is 2. The topological polar surface area (TPSA) is 80.5 Å². The van der Waals surface area contributed by atoms with E-state index in [1.807, 2.05) is 0 Å². The van der Waals surface area contributed by atoms with E-state index in [2.05, 4.69) is 0 Å². The summed E-state index contributed by atoms with van der Waals surface area (Å²) in [5.74, 6) is -5.26. The number of alkyl halides is 3. The van der Waals surface area contributed by atoms with E-state index < -0.39 is 41.3 Å². The van der Waals surface area contributed by atoms with E-state index in [4.69, 9.17) is 0 Å². The number of halogens is 3. The van der Waals surface area contributed by atoms with Gasteiger partial charge in [-0.25, -0.2) is 4.90 Å². The summed E-state index contributed by atoms with van der Waals surface area (Å²) >= 11 is 0. The molecule has 0 saturated heterocycles. The van der Waals surface area contributed by atoms with Crippen molar-refractivity contribution in [3.8, 4) is 0 Å². The summed E-state index contributed by atoms with van der Waals surface area (Å²) in [6.45, 7) is 0.953. The lowest BCUT2D eigenvalue weighted by Crippen LogP contribution is -2.52. The molecular formula is C14H13F3N2O4. The summed E-state index contributed by atoms with van der Waals surface area (Å²) in [5, 5.41) is 10.9. The van der Waals surface area contributed by atoms with E-state index in [1.54, 1.807) is 6.92 Å². The lowest BCUT2D eigenvalue weighted by atomic mass is 9.79. The van der Waals surface area contributed by atoms with Crippen LogP contribution in [0.2, 0.25) is 0 Å². The Hall–Kier alpha value is -2.45. The predicted octanol–water partition coefficient (Wildman–Crippen LogP) is 2.51. The zero-order valence-corrected chi connectivity index (χ0v) is 12.0. The summed E-state index contributed by atoms with van der Waals surface area (Å²) in [7, 11) is 0. The van der Waals surface area contributed by atoms with E-state index in [0.717, 1.165) is 0 Å². The van der Waals surface area contributed by atoms with Crippen molar-refractivity contribution >= 4 is 17.5 Å². The number of nitrogens with zero attached hydrogens (tertiary/aromatic N) is 2. The molecule has 1 aliphatic rings. The second-order valence-electron chi connectivity index (χ2n) is 5.17. The van der Waals surface area contributed by atoms with Crippen LogP contribution in [-0.2, 0) is 9.59 Å². The van der Waals surface area contributed by atoms with Crippen LogP contribution in [0.3, 0.4) is 0 Å². The van der Waals surface area contributed by atoms with Crippen molar-refractivity contribution in [3.63, 3.8) is 0 Å². The van der Waals surface area contributed by atoms with Crippen LogP contribution in [0.4, 0.5) is 18.9 Å². The molecule has 0 spiro atoms. The number of amides is 2. The molecule has 1 aromatic carbocycles. The molecule has 1 aliphatic heterocycles. The minimum absolute atomic E-state index is 0.0906. The molecule has 2 rings (SSSR count). The average molecular weight is 330 g/mol. The molecule has 23 heavy (non-hydrogen) atoms. The molecule has 0 unspecified atom stereocenters. The zero-order chi connectivity index (χ0) is 17.4. The van der Waals surface area contributed by atoms with Crippen LogP contribution in [0.5, 0.6) is 0 Å². The van der Waals surface area contributed by atoms with Crippen LogP contribution in [0.25, 0.3) is 0 Å².